The number of carbonyl (C=O) groups excluding carboxylic acids is 2. The molecule has 0 bridgehead atoms. The highest BCUT2D eigenvalue weighted by Crippen LogP contribution is 2.23. The van der Waals surface area contributed by atoms with Gasteiger partial charge >= 0.3 is 0 Å². The van der Waals surface area contributed by atoms with Crippen molar-refractivity contribution in [2.24, 2.45) is 0 Å². The minimum absolute atomic E-state index is 0.0986. The Bertz CT molecular complexity index is 868. The molecule has 3 heterocycles. The minimum Gasteiger partial charge on any atom is -0.378 e. The summed E-state index contributed by atoms with van der Waals surface area (Å²) in [6, 6.07) is 7.65. The van der Waals surface area contributed by atoms with E-state index in [0.29, 0.717) is 37.8 Å². The van der Waals surface area contributed by atoms with Crippen molar-refractivity contribution >= 4 is 17.5 Å². The van der Waals surface area contributed by atoms with E-state index >= 15 is 0 Å². The Morgan fingerprint density at radius 3 is 2.74 bits per heavy atom. The van der Waals surface area contributed by atoms with Gasteiger partial charge in [-0.3, -0.25) is 9.59 Å². The average Bonchev–Trinajstić information content (AvgIpc) is 3.08. The topological polar surface area (TPSA) is 76.5 Å². The van der Waals surface area contributed by atoms with Crippen molar-refractivity contribution in [3.8, 4) is 0 Å². The Morgan fingerprint density at radius 1 is 1.15 bits per heavy atom. The van der Waals surface area contributed by atoms with Crippen LogP contribution in [0.1, 0.15) is 45.2 Å². The molecule has 2 aliphatic rings. The fourth-order valence-corrected chi connectivity index (χ4v) is 3.71. The molecule has 2 aromatic rings. The van der Waals surface area contributed by atoms with Crippen LogP contribution in [0.15, 0.2) is 24.3 Å². The lowest BCUT2D eigenvalue weighted by atomic mass is 10.1. The van der Waals surface area contributed by atoms with Gasteiger partial charge in [0.05, 0.1) is 18.9 Å². The third-order valence-corrected chi connectivity index (χ3v) is 5.10. The molecule has 0 atom stereocenters. The zero-order chi connectivity index (χ0) is 18.8. The summed E-state index contributed by atoms with van der Waals surface area (Å²) in [5.41, 5.74) is 3.11. The Balaban J connectivity index is 1.63. The molecule has 0 radical (unpaired) electrons. The van der Waals surface area contributed by atoms with E-state index < -0.39 is 0 Å². The second-order valence-electron chi connectivity index (χ2n) is 7.07. The summed E-state index contributed by atoms with van der Waals surface area (Å²) in [5, 5.41) is 2.91. The second kappa shape index (κ2) is 7.52. The highest BCUT2D eigenvalue weighted by molar-refractivity contribution is 6.03. The summed E-state index contributed by atoms with van der Waals surface area (Å²) in [5.74, 6) is -0.0499. The number of rotatable bonds is 3. The van der Waals surface area contributed by atoms with E-state index in [4.69, 9.17) is 4.74 Å². The molecule has 0 spiro atoms. The molecule has 2 amide bonds. The van der Waals surface area contributed by atoms with Crippen LogP contribution in [0, 0.1) is 6.92 Å². The first-order chi connectivity index (χ1) is 13.1. The number of morpholine rings is 1. The molecule has 0 unspecified atom stereocenters. The molecule has 1 fully saturated rings. The summed E-state index contributed by atoms with van der Waals surface area (Å²) >= 11 is 0. The number of nitrogens with zero attached hydrogens (tertiary/aromatic N) is 3. The lowest BCUT2D eigenvalue weighted by Crippen LogP contribution is -2.41. The van der Waals surface area contributed by atoms with Crippen LogP contribution in [0.3, 0.4) is 0 Å². The van der Waals surface area contributed by atoms with Gasteiger partial charge in [-0.15, -0.1) is 0 Å². The van der Waals surface area contributed by atoms with Crippen molar-refractivity contribution in [2.75, 3.05) is 31.6 Å². The van der Waals surface area contributed by atoms with Crippen molar-refractivity contribution < 1.29 is 14.3 Å². The number of hydrogen-bond donors (Lipinski definition) is 1. The summed E-state index contributed by atoms with van der Waals surface area (Å²) in [4.78, 5) is 32.1. The Kier molecular flexibility index (Phi) is 4.94. The quantitative estimate of drug-likeness (QED) is 0.902. The van der Waals surface area contributed by atoms with E-state index in [1.165, 1.54) is 0 Å². The predicted octanol–water partition coefficient (Wildman–Crippen LogP) is 2.25. The van der Waals surface area contributed by atoms with Crippen LogP contribution < -0.4 is 5.32 Å². The molecule has 7 heteroatoms. The lowest BCUT2D eigenvalue weighted by Gasteiger charge is -2.26. The molecule has 2 aliphatic heterocycles. The molecule has 1 N–H and O–H groups in total. The largest absolute Gasteiger partial charge is 0.378 e. The van der Waals surface area contributed by atoms with Crippen molar-refractivity contribution in [3.63, 3.8) is 0 Å². The fraction of sp³-hybridized carbons (Fsp3) is 0.450. The first-order valence-electron chi connectivity index (χ1n) is 9.48. The maximum atomic E-state index is 13.0. The number of fused-ring (bicyclic) bond motifs is 1. The van der Waals surface area contributed by atoms with E-state index in [9.17, 15) is 9.59 Å². The number of benzene rings is 1. The number of hydrogen-bond acceptors (Lipinski definition) is 4. The minimum atomic E-state index is -0.273. The standard InChI is InChI=1S/C20H24N4O3/c1-14-5-4-6-15(13-14)21-19(25)18-22-17(16-7-2-3-8-24(16)18)20(26)23-9-11-27-12-10-23/h4-6,13H,2-3,7-12H2,1H3,(H,21,25). The number of carbonyl (C=O) groups is 2. The molecule has 0 saturated carbocycles. The van der Waals surface area contributed by atoms with Crippen molar-refractivity contribution in [1.29, 1.82) is 0 Å². The van der Waals surface area contributed by atoms with Gasteiger partial charge in [0, 0.05) is 25.3 Å². The molecule has 142 valence electrons. The van der Waals surface area contributed by atoms with Gasteiger partial charge < -0.3 is 19.5 Å². The maximum Gasteiger partial charge on any atom is 0.291 e. The number of aryl methyl sites for hydroxylation is 1. The van der Waals surface area contributed by atoms with E-state index in [2.05, 4.69) is 10.3 Å². The summed E-state index contributed by atoms with van der Waals surface area (Å²) < 4.78 is 7.25. The van der Waals surface area contributed by atoms with Crippen molar-refractivity contribution in [3.05, 3.63) is 47.0 Å². The number of imidazole rings is 1. The molecule has 1 aromatic carbocycles. The SMILES string of the molecule is Cc1cccc(NC(=O)c2nc(C(=O)N3CCOCC3)c3n2CCCC3)c1. The third-order valence-electron chi connectivity index (χ3n) is 5.10. The number of amides is 2. The molecule has 7 nitrogen and oxygen atoms in total. The molecular weight excluding hydrogens is 344 g/mol. The first kappa shape index (κ1) is 17.7. The number of ether oxygens (including phenoxy) is 1. The number of nitrogens with one attached hydrogen (secondary N) is 1. The van der Waals surface area contributed by atoms with Crippen molar-refractivity contribution in [2.45, 2.75) is 32.7 Å². The van der Waals surface area contributed by atoms with Crippen LogP contribution in [0.25, 0.3) is 0 Å². The summed E-state index contributed by atoms with van der Waals surface area (Å²) in [7, 11) is 0. The monoisotopic (exact) mass is 368 g/mol. The molecule has 4 rings (SSSR count). The van der Waals surface area contributed by atoms with Crippen LogP contribution in [0.4, 0.5) is 5.69 Å². The summed E-state index contributed by atoms with van der Waals surface area (Å²) in [6.45, 7) is 4.91. The number of aromatic nitrogens is 2. The maximum absolute atomic E-state index is 13.0. The van der Waals surface area contributed by atoms with Gasteiger partial charge in [0.15, 0.2) is 5.82 Å². The molecule has 0 aliphatic carbocycles. The van der Waals surface area contributed by atoms with Crippen LogP contribution in [-0.4, -0.2) is 52.6 Å². The Labute approximate surface area is 158 Å². The van der Waals surface area contributed by atoms with E-state index in [0.717, 1.165) is 42.8 Å². The average molecular weight is 368 g/mol. The van der Waals surface area contributed by atoms with Crippen LogP contribution in [0.5, 0.6) is 0 Å². The highest BCUT2D eigenvalue weighted by Gasteiger charge is 2.30. The van der Waals surface area contributed by atoms with Crippen LogP contribution in [0.2, 0.25) is 0 Å². The molecular formula is C20H24N4O3. The smallest absolute Gasteiger partial charge is 0.291 e. The van der Waals surface area contributed by atoms with Gasteiger partial charge in [-0.25, -0.2) is 4.98 Å². The summed E-state index contributed by atoms with van der Waals surface area (Å²) in [6.07, 6.45) is 2.77. The van der Waals surface area contributed by atoms with Gasteiger partial charge in [0.2, 0.25) is 0 Å². The lowest BCUT2D eigenvalue weighted by molar-refractivity contribution is 0.0298. The van der Waals surface area contributed by atoms with Gasteiger partial charge in [0.25, 0.3) is 11.8 Å². The van der Waals surface area contributed by atoms with Gasteiger partial charge in [-0.2, -0.15) is 0 Å². The molecule has 27 heavy (non-hydrogen) atoms. The fourth-order valence-electron chi connectivity index (χ4n) is 3.71. The Hall–Kier alpha value is -2.67. The van der Waals surface area contributed by atoms with E-state index in [-0.39, 0.29) is 11.8 Å². The van der Waals surface area contributed by atoms with E-state index in [1.54, 1.807) is 4.90 Å². The van der Waals surface area contributed by atoms with Gasteiger partial charge in [-0.1, -0.05) is 12.1 Å². The molecule has 1 saturated heterocycles. The van der Waals surface area contributed by atoms with Gasteiger partial charge in [-0.05, 0) is 43.9 Å². The zero-order valence-corrected chi connectivity index (χ0v) is 15.5. The second-order valence-corrected chi connectivity index (χ2v) is 7.07. The zero-order valence-electron chi connectivity index (χ0n) is 15.5. The Morgan fingerprint density at radius 2 is 1.96 bits per heavy atom. The molecule has 1 aromatic heterocycles. The normalized spacial score (nSPS) is 16.7. The highest BCUT2D eigenvalue weighted by atomic mass is 16.5. The van der Waals surface area contributed by atoms with Crippen LogP contribution in [-0.2, 0) is 17.7 Å². The van der Waals surface area contributed by atoms with E-state index in [1.807, 2.05) is 35.8 Å². The number of anilines is 1. The first-order valence-corrected chi connectivity index (χ1v) is 9.48. The van der Waals surface area contributed by atoms with Gasteiger partial charge in [0.1, 0.15) is 5.69 Å². The predicted molar refractivity (Wildman–Crippen MR) is 101 cm³/mol. The van der Waals surface area contributed by atoms with Crippen LogP contribution >= 0.6 is 0 Å². The van der Waals surface area contributed by atoms with Crippen molar-refractivity contribution in [1.82, 2.24) is 14.5 Å². The third kappa shape index (κ3) is 3.60.